The van der Waals surface area contributed by atoms with E-state index in [1.165, 1.54) is 31.3 Å². The summed E-state index contributed by atoms with van der Waals surface area (Å²) < 4.78 is 9.35. The highest BCUT2D eigenvalue weighted by Gasteiger charge is 2.19. The molecule has 0 aliphatic rings. The molecule has 0 aliphatic heterocycles. The lowest BCUT2D eigenvalue weighted by Crippen LogP contribution is -1.80. The molecule has 0 fully saturated rings. The first-order valence-corrected chi connectivity index (χ1v) is 12.3. The van der Waals surface area contributed by atoms with Crippen molar-refractivity contribution in [3.63, 3.8) is 0 Å². The van der Waals surface area contributed by atoms with Gasteiger partial charge in [-0.15, -0.1) is 11.3 Å². The van der Waals surface area contributed by atoms with Crippen LogP contribution in [0.15, 0.2) is 126 Å². The van der Waals surface area contributed by atoms with Crippen molar-refractivity contribution in [1.29, 1.82) is 0 Å². The normalized spacial score (nSPS) is 11.5. The maximum atomic E-state index is 6.76. The van der Waals surface area contributed by atoms with Crippen molar-refractivity contribution in [3.05, 3.63) is 121 Å². The van der Waals surface area contributed by atoms with E-state index in [0.717, 1.165) is 33.4 Å². The minimum absolute atomic E-state index is 0.917. The third-order valence-corrected chi connectivity index (χ3v) is 7.64. The highest BCUT2D eigenvalue weighted by atomic mass is 32.1. The molecule has 7 aromatic rings. The van der Waals surface area contributed by atoms with Crippen LogP contribution in [0.1, 0.15) is 0 Å². The van der Waals surface area contributed by atoms with Crippen LogP contribution in [0.2, 0.25) is 0 Å². The van der Waals surface area contributed by atoms with Crippen LogP contribution in [0.5, 0.6) is 0 Å². The van der Waals surface area contributed by atoms with Gasteiger partial charge in [-0.25, -0.2) is 0 Å². The van der Waals surface area contributed by atoms with E-state index in [-0.39, 0.29) is 0 Å². The number of furan rings is 1. The SMILES string of the molecule is c1ccc(-c2cccc(-c3oc(-c4cccc5sc6ccccc6c45)c4ccccc34)c2)cc1. The first-order chi connectivity index (χ1) is 16.9. The molecule has 7 rings (SSSR count). The van der Waals surface area contributed by atoms with Crippen LogP contribution in [0.25, 0.3) is 64.7 Å². The van der Waals surface area contributed by atoms with Crippen molar-refractivity contribution in [2.24, 2.45) is 0 Å². The zero-order valence-corrected chi connectivity index (χ0v) is 19.2. The number of rotatable bonds is 3. The highest BCUT2D eigenvalue weighted by molar-refractivity contribution is 7.25. The van der Waals surface area contributed by atoms with Crippen molar-refractivity contribution >= 4 is 42.3 Å². The molecule has 2 aromatic heterocycles. The number of fused-ring (bicyclic) bond motifs is 4. The van der Waals surface area contributed by atoms with Gasteiger partial charge in [0.2, 0.25) is 0 Å². The van der Waals surface area contributed by atoms with E-state index in [1.807, 2.05) is 11.3 Å². The standard InChI is InChI=1S/C32H20OS/c1-2-10-21(11-3-1)22-12-8-13-23(20-22)31-24-14-4-5-15-25(24)32(33-31)27-17-9-19-29-30(27)26-16-6-7-18-28(26)34-29/h1-20H. The van der Waals surface area contributed by atoms with Gasteiger partial charge < -0.3 is 4.42 Å². The first kappa shape index (κ1) is 19.3. The Labute approximate surface area is 201 Å². The van der Waals surface area contributed by atoms with E-state index in [0.29, 0.717) is 0 Å². The van der Waals surface area contributed by atoms with Gasteiger partial charge in [-0.1, -0.05) is 103 Å². The van der Waals surface area contributed by atoms with Gasteiger partial charge in [-0.3, -0.25) is 0 Å². The maximum absolute atomic E-state index is 6.76. The van der Waals surface area contributed by atoms with Gasteiger partial charge >= 0.3 is 0 Å². The van der Waals surface area contributed by atoms with E-state index >= 15 is 0 Å². The predicted molar refractivity (Wildman–Crippen MR) is 145 cm³/mol. The molecule has 0 saturated carbocycles. The quantitative estimate of drug-likeness (QED) is 0.260. The molecule has 5 aromatic carbocycles. The Morgan fingerprint density at radius 2 is 1.06 bits per heavy atom. The average Bonchev–Trinajstić information content (AvgIpc) is 3.48. The van der Waals surface area contributed by atoms with Crippen molar-refractivity contribution < 1.29 is 4.42 Å². The van der Waals surface area contributed by atoms with Gasteiger partial charge in [-0.2, -0.15) is 0 Å². The fourth-order valence-corrected chi connectivity index (χ4v) is 6.07. The van der Waals surface area contributed by atoms with Gasteiger partial charge in [0.25, 0.3) is 0 Å². The number of hydrogen-bond acceptors (Lipinski definition) is 2. The maximum Gasteiger partial charge on any atom is 0.143 e. The van der Waals surface area contributed by atoms with E-state index in [4.69, 9.17) is 4.42 Å². The molecule has 0 amide bonds. The van der Waals surface area contributed by atoms with Crippen LogP contribution in [0.4, 0.5) is 0 Å². The number of hydrogen-bond donors (Lipinski definition) is 0. The zero-order chi connectivity index (χ0) is 22.5. The molecule has 0 radical (unpaired) electrons. The summed E-state index contributed by atoms with van der Waals surface area (Å²) in [5.41, 5.74) is 4.63. The summed E-state index contributed by atoms with van der Waals surface area (Å²) in [7, 11) is 0. The molecule has 2 heteroatoms. The third-order valence-electron chi connectivity index (χ3n) is 6.50. The van der Waals surface area contributed by atoms with E-state index < -0.39 is 0 Å². The van der Waals surface area contributed by atoms with Gasteiger partial charge in [0.1, 0.15) is 11.5 Å². The smallest absolute Gasteiger partial charge is 0.143 e. The minimum Gasteiger partial charge on any atom is -0.455 e. The summed E-state index contributed by atoms with van der Waals surface area (Å²) in [6.07, 6.45) is 0. The van der Waals surface area contributed by atoms with Gasteiger partial charge in [-0.05, 0) is 29.3 Å². The van der Waals surface area contributed by atoms with E-state index in [1.54, 1.807) is 0 Å². The van der Waals surface area contributed by atoms with E-state index in [2.05, 4.69) is 121 Å². The Balaban J connectivity index is 1.49. The summed E-state index contributed by atoms with van der Waals surface area (Å²) >= 11 is 1.84. The second-order valence-electron chi connectivity index (χ2n) is 8.53. The molecule has 2 heterocycles. The lowest BCUT2D eigenvalue weighted by atomic mass is 9.99. The molecule has 1 nitrogen and oxygen atoms in total. The van der Waals surface area contributed by atoms with Crippen molar-refractivity contribution in [3.8, 4) is 33.8 Å². The third kappa shape index (κ3) is 3.00. The molecule has 160 valence electrons. The Kier molecular flexibility index (Phi) is 4.39. The molecule has 34 heavy (non-hydrogen) atoms. The highest BCUT2D eigenvalue weighted by Crippen LogP contribution is 2.45. The molecule has 0 spiro atoms. The molecule has 0 atom stereocenters. The van der Waals surface area contributed by atoms with Crippen molar-refractivity contribution in [1.82, 2.24) is 0 Å². The summed E-state index contributed by atoms with van der Waals surface area (Å²) in [5, 5.41) is 4.84. The van der Waals surface area contributed by atoms with Gasteiger partial charge in [0.05, 0.1) is 0 Å². The summed E-state index contributed by atoms with van der Waals surface area (Å²) in [6.45, 7) is 0. The molecule has 0 saturated heterocycles. The summed E-state index contributed by atoms with van der Waals surface area (Å²) in [4.78, 5) is 0. The van der Waals surface area contributed by atoms with Crippen LogP contribution < -0.4 is 0 Å². The lowest BCUT2D eigenvalue weighted by Gasteiger charge is -2.05. The van der Waals surface area contributed by atoms with E-state index in [9.17, 15) is 0 Å². The number of thiophene rings is 1. The predicted octanol–water partition coefficient (Wildman–Crippen LogP) is 9.80. The Morgan fingerprint density at radius 1 is 0.441 bits per heavy atom. The van der Waals surface area contributed by atoms with Crippen LogP contribution in [0.3, 0.4) is 0 Å². The summed E-state index contributed by atoms with van der Waals surface area (Å²) in [6, 6.07) is 42.8. The van der Waals surface area contributed by atoms with Gasteiger partial charge in [0, 0.05) is 42.1 Å². The monoisotopic (exact) mass is 452 g/mol. The van der Waals surface area contributed by atoms with Crippen LogP contribution >= 0.6 is 11.3 Å². The van der Waals surface area contributed by atoms with Gasteiger partial charge in [0.15, 0.2) is 0 Å². The largest absolute Gasteiger partial charge is 0.455 e. The first-order valence-electron chi connectivity index (χ1n) is 11.4. The molecule has 0 bridgehead atoms. The minimum atomic E-state index is 0.917. The number of benzene rings is 5. The zero-order valence-electron chi connectivity index (χ0n) is 18.4. The Morgan fingerprint density at radius 3 is 1.91 bits per heavy atom. The molecule has 0 unspecified atom stereocenters. The fraction of sp³-hybridized carbons (Fsp3) is 0. The van der Waals surface area contributed by atoms with Crippen LogP contribution in [-0.4, -0.2) is 0 Å². The Hall–Kier alpha value is -4.14. The van der Waals surface area contributed by atoms with Crippen LogP contribution in [0, 0.1) is 0 Å². The lowest BCUT2D eigenvalue weighted by molar-refractivity contribution is 0.602. The molecule has 0 aliphatic carbocycles. The fourth-order valence-electron chi connectivity index (χ4n) is 4.94. The average molecular weight is 453 g/mol. The topological polar surface area (TPSA) is 13.1 Å². The van der Waals surface area contributed by atoms with Crippen molar-refractivity contribution in [2.75, 3.05) is 0 Å². The Bertz CT molecular complexity index is 1800. The second-order valence-corrected chi connectivity index (χ2v) is 9.61. The molecule has 0 N–H and O–H groups in total. The summed E-state index contributed by atoms with van der Waals surface area (Å²) in [5.74, 6) is 1.85. The molecular weight excluding hydrogens is 432 g/mol. The second kappa shape index (κ2) is 7.72. The molecular formula is C32H20OS. The van der Waals surface area contributed by atoms with Crippen LogP contribution in [-0.2, 0) is 0 Å². The van der Waals surface area contributed by atoms with Crippen molar-refractivity contribution in [2.45, 2.75) is 0 Å².